The van der Waals surface area contributed by atoms with Crippen LogP contribution in [0.2, 0.25) is 0 Å². The molecule has 106 valence electrons. The summed E-state index contributed by atoms with van der Waals surface area (Å²) >= 11 is 3.66. The van der Waals surface area contributed by atoms with Gasteiger partial charge in [0, 0.05) is 6.54 Å². The number of aryl methyl sites for hydroxylation is 1. The summed E-state index contributed by atoms with van der Waals surface area (Å²) in [5, 5.41) is 7.96. The summed E-state index contributed by atoms with van der Waals surface area (Å²) in [4.78, 5) is 0. The Balaban J connectivity index is 1.91. The lowest BCUT2D eigenvalue weighted by atomic mass is 9.94. The van der Waals surface area contributed by atoms with Crippen LogP contribution in [0.1, 0.15) is 29.8 Å². The van der Waals surface area contributed by atoms with Crippen molar-refractivity contribution < 1.29 is 0 Å². The zero-order chi connectivity index (χ0) is 14.1. The molecule has 2 aromatic rings. The Labute approximate surface area is 128 Å². The molecule has 4 heteroatoms. The van der Waals surface area contributed by atoms with Crippen molar-refractivity contribution in [1.82, 2.24) is 15.1 Å². The van der Waals surface area contributed by atoms with Gasteiger partial charge in [-0.15, -0.1) is 0 Å². The van der Waals surface area contributed by atoms with Gasteiger partial charge in [0.15, 0.2) is 0 Å². The molecule has 3 nitrogen and oxygen atoms in total. The molecule has 0 bridgehead atoms. The molecule has 0 spiro atoms. The fraction of sp³-hybridized carbons (Fsp3) is 0.438. The smallest absolute Gasteiger partial charge is 0.0698 e. The van der Waals surface area contributed by atoms with E-state index in [1.165, 1.54) is 16.8 Å². The number of hydrogen-bond donors (Lipinski definition) is 1. The van der Waals surface area contributed by atoms with Gasteiger partial charge in [0.25, 0.3) is 0 Å². The van der Waals surface area contributed by atoms with Crippen molar-refractivity contribution in [2.24, 2.45) is 5.92 Å². The molecule has 0 saturated carbocycles. The normalized spacial score (nSPS) is 16.4. The molecule has 1 aromatic heterocycles. The summed E-state index contributed by atoms with van der Waals surface area (Å²) in [7, 11) is 2.05. The topological polar surface area (TPSA) is 29.9 Å². The molecule has 3 rings (SSSR count). The maximum absolute atomic E-state index is 4.45. The number of nitrogens with zero attached hydrogens (tertiary/aromatic N) is 2. The molecule has 20 heavy (non-hydrogen) atoms. The van der Waals surface area contributed by atoms with Crippen molar-refractivity contribution in [3.8, 4) is 0 Å². The Morgan fingerprint density at radius 1 is 1.35 bits per heavy atom. The van der Waals surface area contributed by atoms with Crippen LogP contribution in [0.3, 0.4) is 0 Å². The second-order valence-corrected chi connectivity index (χ2v) is 6.25. The van der Waals surface area contributed by atoms with Crippen molar-refractivity contribution in [3.05, 3.63) is 51.8 Å². The third-order valence-electron chi connectivity index (χ3n) is 4.29. The van der Waals surface area contributed by atoms with Gasteiger partial charge >= 0.3 is 0 Å². The summed E-state index contributed by atoms with van der Waals surface area (Å²) in [6.45, 7) is 3.04. The first-order valence-corrected chi connectivity index (χ1v) is 7.99. The molecule has 1 aromatic carbocycles. The highest BCUT2D eigenvalue weighted by atomic mass is 79.9. The Bertz CT molecular complexity index is 581. The molecule has 0 aliphatic heterocycles. The Morgan fingerprint density at radius 2 is 2.00 bits per heavy atom. The van der Waals surface area contributed by atoms with Gasteiger partial charge in [-0.2, -0.15) is 5.10 Å². The van der Waals surface area contributed by atoms with Crippen molar-refractivity contribution in [1.29, 1.82) is 0 Å². The highest BCUT2D eigenvalue weighted by Gasteiger charge is 2.31. The van der Waals surface area contributed by atoms with Crippen LogP contribution in [0.4, 0.5) is 0 Å². The summed E-state index contributed by atoms with van der Waals surface area (Å²) in [6, 6.07) is 9.13. The Hall–Kier alpha value is -1.13. The number of nitrogens with one attached hydrogen (secondary N) is 1. The first-order chi connectivity index (χ1) is 9.74. The first-order valence-electron chi connectivity index (χ1n) is 7.19. The molecule has 1 unspecified atom stereocenters. The van der Waals surface area contributed by atoms with E-state index in [0.717, 1.165) is 23.9 Å². The quantitative estimate of drug-likeness (QED) is 0.929. The predicted octanol–water partition coefficient (Wildman–Crippen LogP) is 3.34. The van der Waals surface area contributed by atoms with Gasteiger partial charge in [0.05, 0.1) is 22.4 Å². The number of aromatic nitrogens is 2. The van der Waals surface area contributed by atoms with E-state index in [-0.39, 0.29) is 0 Å². The fourth-order valence-electron chi connectivity index (χ4n) is 3.36. The predicted molar refractivity (Wildman–Crippen MR) is 84.7 cm³/mol. The van der Waals surface area contributed by atoms with Gasteiger partial charge in [0.1, 0.15) is 0 Å². The van der Waals surface area contributed by atoms with Gasteiger partial charge in [-0.1, -0.05) is 24.3 Å². The zero-order valence-electron chi connectivity index (χ0n) is 11.9. The minimum Gasteiger partial charge on any atom is -0.311 e. The van der Waals surface area contributed by atoms with Crippen LogP contribution in [0.5, 0.6) is 0 Å². The summed E-state index contributed by atoms with van der Waals surface area (Å²) in [6.07, 6.45) is 4.19. The van der Waals surface area contributed by atoms with Crippen LogP contribution < -0.4 is 5.32 Å². The van der Waals surface area contributed by atoms with Crippen LogP contribution in [0.25, 0.3) is 0 Å². The van der Waals surface area contributed by atoms with Gasteiger partial charge in [-0.3, -0.25) is 4.68 Å². The monoisotopic (exact) mass is 333 g/mol. The minimum atomic E-state index is 0.333. The second-order valence-electron chi connectivity index (χ2n) is 5.40. The fourth-order valence-corrected chi connectivity index (χ4v) is 3.90. The van der Waals surface area contributed by atoms with Gasteiger partial charge in [-0.05, 0) is 59.8 Å². The van der Waals surface area contributed by atoms with E-state index in [2.05, 4.69) is 62.2 Å². The number of halogens is 1. The largest absolute Gasteiger partial charge is 0.311 e. The maximum atomic E-state index is 4.45. The highest BCUT2D eigenvalue weighted by Crippen LogP contribution is 2.37. The summed E-state index contributed by atoms with van der Waals surface area (Å²) < 4.78 is 3.20. The van der Waals surface area contributed by atoms with E-state index in [4.69, 9.17) is 0 Å². The van der Waals surface area contributed by atoms with Crippen molar-refractivity contribution >= 4 is 15.9 Å². The van der Waals surface area contributed by atoms with Gasteiger partial charge < -0.3 is 5.32 Å². The molecule has 0 amide bonds. The molecule has 0 radical (unpaired) electrons. The summed E-state index contributed by atoms with van der Waals surface area (Å²) in [5.74, 6) is 0.593. The molecule has 1 atom stereocenters. The third kappa shape index (κ3) is 2.31. The molecule has 0 fully saturated rings. The number of rotatable bonds is 4. The second kappa shape index (κ2) is 5.70. The molecule has 1 aliphatic carbocycles. The highest BCUT2D eigenvalue weighted by molar-refractivity contribution is 9.10. The third-order valence-corrected chi connectivity index (χ3v) is 4.90. The molecular weight excluding hydrogens is 314 g/mol. The van der Waals surface area contributed by atoms with E-state index in [1.807, 2.05) is 13.2 Å². The van der Waals surface area contributed by atoms with Crippen molar-refractivity contribution in [2.45, 2.75) is 32.4 Å². The van der Waals surface area contributed by atoms with E-state index in [9.17, 15) is 0 Å². The lowest BCUT2D eigenvalue weighted by Gasteiger charge is -2.24. The van der Waals surface area contributed by atoms with Gasteiger partial charge in [-0.25, -0.2) is 0 Å². The average molecular weight is 334 g/mol. The van der Waals surface area contributed by atoms with E-state index in [1.54, 1.807) is 0 Å². The van der Waals surface area contributed by atoms with Crippen molar-refractivity contribution in [2.75, 3.05) is 7.05 Å². The van der Waals surface area contributed by atoms with E-state index in [0.29, 0.717) is 12.0 Å². The lowest BCUT2D eigenvalue weighted by molar-refractivity contribution is 0.370. The first kappa shape index (κ1) is 13.8. The van der Waals surface area contributed by atoms with E-state index < -0.39 is 0 Å². The lowest BCUT2D eigenvalue weighted by Crippen LogP contribution is -2.28. The minimum absolute atomic E-state index is 0.333. The number of hydrogen-bond acceptors (Lipinski definition) is 2. The standard InChI is InChI=1S/C16H20BrN3/c1-3-20-16(14(17)10-19-20)15(18-2)13-8-11-6-4-5-7-12(11)9-13/h4-7,10,13,15,18H,3,8-9H2,1-2H3. The number of benzene rings is 1. The zero-order valence-corrected chi connectivity index (χ0v) is 13.5. The Morgan fingerprint density at radius 3 is 2.55 bits per heavy atom. The van der Waals surface area contributed by atoms with Crippen LogP contribution in [-0.2, 0) is 19.4 Å². The molecule has 1 N–H and O–H groups in total. The number of fused-ring (bicyclic) bond motifs is 1. The van der Waals surface area contributed by atoms with Crippen LogP contribution in [-0.4, -0.2) is 16.8 Å². The molecule has 1 aliphatic rings. The molecule has 0 saturated heterocycles. The Kier molecular flexibility index (Phi) is 3.94. The van der Waals surface area contributed by atoms with Crippen molar-refractivity contribution in [3.63, 3.8) is 0 Å². The SMILES string of the molecule is CCn1ncc(Br)c1C(NC)C1Cc2ccccc2C1. The summed E-state index contributed by atoms with van der Waals surface area (Å²) in [5.41, 5.74) is 4.26. The van der Waals surface area contributed by atoms with Gasteiger partial charge in [0.2, 0.25) is 0 Å². The maximum Gasteiger partial charge on any atom is 0.0698 e. The van der Waals surface area contributed by atoms with Crippen LogP contribution in [0.15, 0.2) is 34.9 Å². The van der Waals surface area contributed by atoms with Crippen LogP contribution in [0, 0.1) is 5.92 Å². The molecular formula is C16H20BrN3. The average Bonchev–Trinajstić information content (AvgIpc) is 3.04. The van der Waals surface area contributed by atoms with Crippen LogP contribution >= 0.6 is 15.9 Å². The van der Waals surface area contributed by atoms with E-state index >= 15 is 0 Å². The molecule has 1 heterocycles.